The fourth-order valence-electron chi connectivity index (χ4n) is 0.667. The van der Waals surface area contributed by atoms with Gasteiger partial charge in [0, 0.05) is 7.05 Å². The lowest BCUT2D eigenvalue weighted by molar-refractivity contribution is 0.930. The molecule has 1 aromatic rings. The summed E-state index contributed by atoms with van der Waals surface area (Å²) in [5.41, 5.74) is 15.9. The molecule has 6 N–H and O–H groups in total. The van der Waals surface area contributed by atoms with Gasteiger partial charge in [0.15, 0.2) is 10.9 Å². The van der Waals surface area contributed by atoms with E-state index in [0.717, 1.165) is 0 Å². The topological polar surface area (TPSA) is 93.9 Å². The van der Waals surface area contributed by atoms with Crippen LogP contribution in [-0.4, -0.2) is 14.7 Å². The molecule has 0 spiro atoms. The number of nitrogen functional groups attached to an aromatic ring is 1. The van der Waals surface area contributed by atoms with Gasteiger partial charge in [-0.05, 0) is 12.2 Å². The van der Waals surface area contributed by atoms with Crippen molar-refractivity contribution < 1.29 is 0 Å². The molecule has 0 bridgehead atoms. The van der Waals surface area contributed by atoms with E-state index in [4.69, 9.17) is 11.5 Å². The van der Waals surface area contributed by atoms with E-state index in [9.17, 15) is 0 Å². The highest BCUT2D eigenvalue weighted by Gasteiger charge is 1.99. The Morgan fingerprint density at radius 2 is 2.42 bits per heavy atom. The Morgan fingerprint density at radius 3 is 2.83 bits per heavy atom. The summed E-state index contributed by atoms with van der Waals surface area (Å²) < 4.78 is 1.67. The van der Waals surface area contributed by atoms with E-state index in [2.05, 4.69) is 28.1 Å². The van der Waals surface area contributed by atoms with Crippen LogP contribution in [0.1, 0.15) is 0 Å². The summed E-state index contributed by atoms with van der Waals surface area (Å²) in [4.78, 5) is 3.93. The predicted octanol–water partition coefficient (Wildman–Crippen LogP) is -0.838. The zero-order valence-corrected chi connectivity index (χ0v) is 7.35. The van der Waals surface area contributed by atoms with E-state index >= 15 is 0 Å². The minimum Gasteiger partial charge on any atom is -0.375 e. The molecule has 0 atom stereocenters. The van der Waals surface area contributed by atoms with Crippen molar-refractivity contribution in [1.82, 2.24) is 15.0 Å². The monoisotopic (exact) mass is 186 g/mol. The molecule has 0 fully saturated rings. The predicted molar refractivity (Wildman–Crippen MR) is 51.2 cm³/mol. The maximum atomic E-state index is 5.47. The van der Waals surface area contributed by atoms with Gasteiger partial charge in [-0.2, -0.15) is 4.98 Å². The quantitative estimate of drug-likeness (QED) is 0.355. The summed E-state index contributed by atoms with van der Waals surface area (Å²) in [7, 11) is 1.79. The smallest absolute Gasteiger partial charge is 0.201 e. The first-order chi connectivity index (χ1) is 5.59. The summed E-state index contributed by atoms with van der Waals surface area (Å²) in [5.74, 6) is 0.991. The molecule has 0 amide bonds. The van der Waals surface area contributed by atoms with Crippen molar-refractivity contribution in [2.24, 2.45) is 12.8 Å². The van der Waals surface area contributed by atoms with Gasteiger partial charge in [-0.15, -0.1) is 0 Å². The van der Waals surface area contributed by atoms with E-state index in [1.165, 1.54) is 0 Å². The molecule has 0 aliphatic heterocycles. The van der Waals surface area contributed by atoms with Crippen molar-refractivity contribution >= 4 is 29.1 Å². The van der Waals surface area contributed by atoms with Gasteiger partial charge in [-0.3, -0.25) is 10.9 Å². The van der Waals surface area contributed by atoms with Gasteiger partial charge in [-0.25, -0.2) is 0 Å². The fourth-order valence-corrected chi connectivity index (χ4v) is 0.718. The van der Waals surface area contributed by atoms with Crippen LogP contribution in [-0.2, 0) is 7.05 Å². The number of hydrogen-bond acceptors (Lipinski definition) is 4. The Kier molecular flexibility index (Phi) is 2.34. The van der Waals surface area contributed by atoms with Crippen LogP contribution in [0.3, 0.4) is 0 Å². The normalized spacial score (nSPS) is 9.42. The van der Waals surface area contributed by atoms with Gasteiger partial charge in [0.25, 0.3) is 0 Å². The van der Waals surface area contributed by atoms with E-state index in [0.29, 0.717) is 11.8 Å². The highest BCUT2D eigenvalue weighted by molar-refractivity contribution is 7.80. The highest BCUT2D eigenvalue weighted by Crippen LogP contribution is 2.05. The number of nitrogens with zero attached hydrogens (tertiary/aromatic N) is 2. The van der Waals surface area contributed by atoms with Gasteiger partial charge < -0.3 is 16.0 Å². The molecule has 1 rings (SSSR count). The first-order valence-electron chi connectivity index (χ1n) is 3.20. The van der Waals surface area contributed by atoms with Gasteiger partial charge in [-0.1, -0.05) is 0 Å². The van der Waals surface area contributed by atoms with Crippen molar-refractivity contribution in [1.29, 1.82) is 0 Å². The van der Waals surface area contributed by atoms with Crippen molar-refractivity contribution in [2.45, 2.75) is 0 Å². The van der Waals surface area contributed by atoms with Crippen LogP contribution >= 0.6 is 12.2 Å². The molecule has 0 saturated carbocycles. The molecule has 12 heavy (non-hydrogen) atoms. The number of nitrogens with one attached hydrogen (secondary N) is 2. The molecule has 0 radical (unpaired) electrons. The second kappa shape index (κ2) is 3.26. The van der Waals surface area contributed by atoms with E-state index in [-0.39, 0.29) is 5.11 Å². The molecule has 0 unspecified atom stereocenters. The van der Waals surface area contributed by atoms with Crippen LogP contribution in [0, 0.1) is 0 Å². The number of anilines is 2. The third-order valence-electron chi connectivity index (χ3n) is 1.23. The Morgan fingerprint density at radius 1 is 1.75 bits per heavy atom. The summed E-state index contributed by atoms with van der Waals surface area (Å²) in [6.07, 6.45) is 1.71. The zero-order chi connectivity index (χ0) is 9.14. The molecule has 1 aromatic heterocycles. The number of nitrogens with two attached hydrogens (primary N) is 2. The molecular weight excluding hydrogens is 176 g/mol. The fraction of sp³-hybridized carbons (Fsp3) is 0.200. The SMILES string of the molecule is Cn1cc(NNC(N)=S)nc1N. The molecule has 6 nitrogen and oxygen atoms in total. The summed E-state index contributed by atoms with van der Waals surface area (Å²) in [6.45, 7) is 0. The minimum atomic E-state index is 0.152. The van der Waals surface area contributed by atoms with Gasteiger partial charge >= 0.3 is 0 Å². The third kappa shape index (κ3) is 1.99. The van der Waals surface area contributed by atoms with Crippen LogP contribution < -0.4 is 22.3 Å². The lowest BCUT2D eigenvalue weighted by Crippen LogP contribution is -2.34. The van der Waals surface area contributed by atoms with Gasteiger partial charge in [0.1, 0.15) is 0 Å². The lowest BCUT2D eigenvalue weighted by Gasteiger charge is -2.02. The van der Waals surface area contributed by atoms with E-state index in [1.807, 2.05) is 0 Å². The molecule has 1 heterocycles. The van der Waals surface area contributed by atoms with E-state index in [1.54, 1.807) is 17.8 Å². The van der Waals surface area contributed by atoms with Crippen LogP contribution in [0.5, 0.6) is 0 Å². The number of hydrogen-bond donors (Lipinski definition) is 4. The van der Waals surface area contributed by atoms with Crippen LogP contribution in [0.2, 0.25) is 0 Å². The van der Waals surface area contributed by atoms with Crippen molar-refractivity contribution in [2.75, 3.05) is 11.2 Å². The Balaban J connectivity index is 2.58. The maximum absolute atomic E-state index is 5.47. The standard InChI is InChI=1S/C5H10N6S/c1-11-2-3(8-4(11)6)9-10-5(7)12/h2,9H,1H3,(H2,6,8)(H3,7,10,12). The molecule has 0 saturated heterocycles. The number of rotatable bonds is 2. The molecule has 7 heteroatoms. The second-order valence-electron chi connectivity index (χ2n) is 2.21. The largest absolute Gasteiger partial charge is 0.375 e. The average molecular weight is 186 g/mol. The number of aromatic nitrogens is 2. The van der Waals surface area contributed by atoms with Gasteiger partial charge in [0.05, 0.1) is 6.20 Å². The zero-order valence-electron chi connectivity index (χ0n) is 6.53. The van der Waals surface area contributed by atoms with Gasteiger partial charge in [0.2, 0.25) is 5.95 Å². The minimum absolute atomic E-state index is 0.152. The number of aryl methyl sites for hydroxylation is 1. The number of imidazole rings is 1. The summed E-state index contributed by atoms with van der Waals surface area (Å²) >= 11 is 4.57. The van der Waals surface area contributed by atoms with Crippen LogP contribution in [0.15, 0.2) is 6.20 Å². The van der Waals surface area contributed by atoms with Crippen LogP contribution in [0.25, 0.3) is 0 Å². The molecule has 0 aromatic carbocycles. The first kappa shape index (κ1) is 8.60. The molecular formula is C5H10N6S. The number of hydrazine groups is 1. The summed E-state index contributed by atoms with van der Waals surface area (Å²) in [5, 5.41) is 0.152. The second-order valence-corrected chi connectivity index (χ2v) is 2.65. The van der Waals surface area contributed by atoms with Crippen molar-refractivity contribution in [3.05, 3.63) is 6.20 Å². The summed E-state index contributed by atoms with van der Waals surface area (Å²) in [6, 6.07) is 0. The Hall–Kier alpha value is -1.50. The maximum Gasteiger partial charge on any atom is 0.201 e. The molecule has 0 aliphatic rings. The third-order valence-corrected chi connectivity index (χ3v) is 1.33. The molecule has 0 aliphatic carbocycles. The van der Waals surface area contributed by atoms with Crippen molar-refractivity contribution in [3.8, 4) is 0 Å². The first-order valence-corrected chi connectivity index (χ1v) is 3.60. The Bertz CT molecular complexity index is 273. The van der Waals surface area contributed by atoms with Crippen LogP contribution in [0.4, 0.5) is 11.8 Å². The Labute approximate surface area is 74.9 Å². The highest BCUT2D eigenvalue weighted by atomic mass is 32.1. The lowest BCUT2D eigenvalue weighted by atomic mass is 10.8. The average Bonchev–Trinajstić information content (AvgIpc) is 2.28. The van der Waals surface area contributed by atoms with Crippen molar-refractivity contribution in [3.63, 3.8) is 0 Å². The molecule has 66 valence electrons. The number of thiocarbonyl (C=S) groups is 1. The van der Waals surface area contributed by atoms with E-state index < -0.39 is 0 Å².